The van der Waals surface area contributed by atoms with Crippen LogP contribution in [0.25, 0.3) is 0 Å². The number of benzene rings is 4. The number of phenolic OH excluding ortho intramolecular Hbond substituents is 1. The molecule has 0 amide bonds. The predicted molar refractivity (Wildman–Crippen MR) is 130 cm³/mol. The van der Waals surface area contributed by atoms with Gasteiger partial charge in [0.05, 0.1) is 10.5 Å². The Balaban J connectivity index is 2.16. The van der Waals surface area contributed by atoms with Gasteiger partial charge in [-0.15, -0.1) is 0 Å². The first-order valence-corrected chi connectivity index (χ1v) is 11.8. The standard InChI is InChI=1S/C26H20NO4P/c28-18-21-16-20(17-25(26(21)29)27(30)31)19-32(22-10-4-1-5-11-22,23-12-6-2-7-13-23)24-14-8-3-9-15-24/h1-19,29H. The van der Waals surface area contributed by atoms with Gasteiger partial charge in [0, 0.05) is 6.07 Å². The van der Waals surface area contributed by atoms with Gasteiger partial charge in [-0.3, -0.25) is 14.9 Å². The van der Waals surface area contributed by atoms with Gasteiger partial charge < -0.3 is 5.11 Å². The summed E-state index contributed by atoms with van der Waals surface area (Å²) in [5.74, 6) is 1.40. The Kier molecular flexibility index (Phi) is 6.02. The van der Waals surface area contributed by atoms with Crippen molar-refractivity contribution in [3.63, 3.8) is 0 Å². The van der Waals surface area contributed by atoms with Crippen LogP contribution in [0.15, 0.2) is 103 Å². The summed E-state index contributed by atoms with van der Waals surface area (Å²) in [4.78, 5) is 22.4. The van der Waals surface area contributed by atoms with E-state index in [0.29, 0.717) is 11.8 Å². The second-order valence-corrected chi connectivity index (χ2v) is 10.5. The molecule has 0 aliphatic rings. The third kappa shape index (κ3) is 3.86. The van der Waals surface area contributed by atoms with E-state index in [1.807, 2.05) is 60.4 Å². The van der Waals surface area contributed by atoms with E-state index in [-0.39, 0.29) is 5.56 Å². The number of nitro groups is 1. The number of rotatable bonds is 6. The molecule has 0 radical (unpaired) electrons. The minimum atomic E-state index is -2.42. The summed E-state index contributed by atoms with van der Waals surface area (Å²) >= 11 is 0. The molecule has 0 saturated heterocycles. The smallest absolute Gasteiger partial charge is 0.312 e. The van der Waals surface area contributed by atoms with Crippen LogP contribution < -0.4 is 15.9 Å². The number of aromatic hydroxyl groups is 1. The molecular formula is C26H20NO4P. The average molecular weight is 441 g/mol. The molecule has 0 fully saturated rings. The number of phenols is 1. The van der Waals surface area contributed by atoms with E-state index < -0.39 is 23.2 Å². The first kappa shape index (κ1) is 21.3. The van der Waals surface area contributed by atoms with Crippen LogP contribution in [0.2, 0.25) is 0 Å². The summed E-state index contributed by atoms with van der Waals surface area (Å²) in [6.07, 6.45) is 0.438. The summed E-state index contributed by atoms with van der Waals surface area (Å²) < 4.78 is 0. The molecule has 4 rings (SSSR count). The highest BCUT2D eigenvalue weighted by Gasteiger charge is 2.26. The maximum absolute atomic E-state index is 11.5. The third-order valence-corrected chi connectivity index (χ3v) is 9.32. The molecule has 0 aliphatic carbocycles. The summed E-state index contributed by atoms with van der Waals surface area (Å²) in [6, 6.07) is 32.8. The highest BCUT2D eigenvalue weighted by molar-refractivity contribution is 7.94. The van der Waals surface area contributed by atoms with Gasteiger partial charge in [0.1, 0.15) is 0 Å². The normalized spacial score (nSPS) is 11.0. The molecule has 0 bridgehead atoms. The fourth-order valence-corrected chi connectivity index (χ4v) is 7.72. The average Bonchev–Trinajstić information content (AvgIpc) is 2.85. The van der Waals surface area contributed by atoms with Gasteiger partial charge in [0.25, 0.3) is 0 Å². The van der Waals surface area contributed by atoms with E-state index in [9.17, 15) is 20.0 Å². The van der Waals surface area contributed by atoms with E-state index in [1.165, 1.54) is 12.1 Å². The van der Waals surface area contributed by atoms with E-state index in [2.05, 4.69) is 36.4 Å². The maximum Gasteiger partial charge on any atom is 0.312 e. The lowest BCUT2D eigenvalue weighted by atomic mass is 10.1. The van der Waals surface area contributed by atoms with Crippen molar-refractivity contribution in [2.45, 2.75) is 0 Å². The Bertz CT molecular complexity index is 1220. The molecule has 0 aliphatic heterocycles. The fraction of sp³-hybridized carbons (Fsp3) is 0. The number of carbonyl (C=O) groups excluding carboxylic acids is 1. The SMILES string of the molecule is O=Cc1cc(C=P(c2ccccc2)(c2ccccc2)c2ccccc2)cc([N+](=O)[O-])c1O. The molecule has 0 heterocycles. The quantitative estimate of drug-likeness (QED) is 0.210. The van der Waals surface area contributed by atoms with Gasteiger partial charge in [-0.2, -0.15) is 0 Å². The van der Waals surface area contributed by atoms with Crippen molar-refractivity contribution in [3.05, 3.63) is 124 Å². The van der Waals surface area contributed by atoms with Crippen molar-refractivity contribution in [3.8, 4) is 5.75 Å². The lowest BCUT2D eigenvalue weighted by Gasteiger charge is -2.29. The van der Waals surface area contributed by atoms with Crippen molar-refractivity contribution in [1.82, 2.24) is 0 Å². The zero-order chi connectivity index (χ0) is 22.6. The lowest BCUT2D eigenvalue weighted by Crippen LogP contribution is -2.27. The summed E-state index contributed by atoms with van der Waals surface area (Å²) in [6.45, 7) is -2.42. The fourth-order valence-electron chi connectivity index (χ4n) is 3.85. The molecule has 0 aromatic heterocycles. The Morgan fingerprint density at radius 1 is 0.750 bits per heavy atom. The minimum absolute atomic E-state index is 0.113. The Morgan fingerprint density at radius 2 is 1.19 bits per heavy atom. The van der Waals surface area contributed by atoms with Crippen molar-refractivity contribution >= 4 is 40.6 Å². The third-order valence-electron chi connectivity index (χ3n) is 5.30. The van der Waals surface area contributed by atoms with Crippen LogP contribution in [0.1, 0.15) is 15.9 Å². The molecule has 158 valence electrons. The van der Waals surface area contributed by atoms with Gasteiger partial charge in [-0.1, -0.05) is 91.0 Å². The van der Waals surface area contributed by atoms with Crippen molar-refractivity contribution in [2.75, 3.05) is 0 Å². The Morgan fingerprint density at radius 3 is 1.56 bits per heavy atom. The van der Waals surface area contributed by atoms with Crippen molar-refractivity contribution < 1.29 is 14.8 Å². The molecule has 0 spiro atoms. The van der Waals surface area contributed by atoms with Crippen LogP contribution in [0.4, 0.5) is 5.69 Å². The Hall–Kier alpha value is -3.95. The number of hydrogen-bond acceptors (Lipinski definition) is 4. The van der Waals surface area contributed by atoms with Gasteiger partial charge in [0.2, 0.25) is 5.75 Å². The molecule has 1 N–H and O–H groups in total. The first-order valence-electron chi connectivity index (χ1n) is 9.94. The summed E-state index contributed by atoms with van der Waals surface area (Å²) in [5.41, 5.74) is -0.104. The van der Waals surface area contributed by atoms with E-state index in [4.69, 9.17) is 0 Å². The molecule has 6 heteroatoms. The number of carbonyl (C=O) groups is 1. The monoisotopic (exact) mass is 441 g/mol. The van der Waals surface area contributed by atoms with E-state index >= 15 is 0 Å². The molecule has 32 heavy (non-hydrogen) atoms. The molecule has 0 unspecified atom stereocenters. The number of hydrogen-bond donors (Lipinski definition) is 1. The topological polar surface area (TPSA) is 80.4 Å². The van der Waals surface area contributed by atoms with E-state index in [0.717, 1.165) is 15.9 Å². The van der Waals surface area contributed by atoms with Crippen molar-refractivity contribution in [2.24, 2.45) is 0 Å². The molecule has 4 aromatic carbocycles. The zero-order valence-corrected chi connectivity index (χ0v) is 17.9. The lowest BCUT2D eigenvalue weighted by molar-refractivity contribution is -0.385. The van der Waals surface area contributed by atoms with Gasteiger partial charge in [-0.05, 0) is 40.2 Å². The van der Waals surface area contributed by atoms with Crippen molar-refractivity contribution in [1.29, 1.82) is 0 Å². The van der Waals surface area contributed by atoms with Gasteiger partial charge >= 0.3 is 5.69 Å². The molecule has 0 atom stereocenters. The van der Waals surface area contributed by atoms with E-state index in [1.54, 1.807) is 0 Å². The summed E-state index contributed by atoms with van der Waals surface area (Å²) in [5, 5.41) is 24.9. The number of nitro benzene ring substituents is 1. The highest BCUT2D eigenvalue weighted by atomic mass is 31.2. The predicted octanol–water partition coefficient (Wildman–Crippen LogP) is 4.26. The van der Waals surface area contributed by atoms with Gasteiger partial charge in [0.15, 0.2) is 6.29 Å². The first-order chi connectivity index (χ1) is 15.6. The van der Waals surface area contributed by atoms with Crippen LogP contribution in [-0.2, 0) is 0 Å². The number of aldehydes is 1. The van der Waals surface area contributed by atoms with Crippen LogP contribution >= 0.6 is 6.89 Å². The molecule has 0 saturated carbocycles. The maximum atomic E-state index is 11.5. The highest BCUT2D eigenvalue weighted by Crippen LogP contribution is 2.45. The Labute approximate surface area is 185 Å². The molecule has 4 aromatic rings. The summed E-state index contributed by atoms with van der Waals surface area (Å²) in [7, 11) is 0. The van der Waals surface area contributed by atoms with Crippen LogP contribution in [-0.4, -0.2) is 22.1 Å². The number of nitrogens with zero attached hydrogens (tertiary/aromatic N) is 1. The van der Waals surface area contributed by atoms with Crippen LogP contribution in [0, 0.1) is 10.1 Å². The minimum Gasteiger partial charge on any atom is -0.502 e. The molecular weight excluding hydrogens is 421 g/mol. The van der Waals surface area contributed by atoms with Crippen LogP contribution in [0.3, 0.4) is 0 Å². The second-order valence-electron chi connectivity index (χ2n) is 7.21. The van der Waals surface area contributed by atoms with Gasteiger partial charge in [-0.25, -0.2) is 0 Å². The van der Waals surface area contributed by atoms with Crippen LogP contribution in [0.5, 0.6) is 5.75 Å². The second kappa shape index (κ2) is 9.04. The zero-order valence-electron chi connectivity index (χ0n) is 17.0. The largest absolute Gasteiger partial charge is 0.502 e. The molecule has 5 nitrogen and oxygen atoms in total.